The Labute approximate surface area is 63.1 Å². The first kappa shape index (κ1) is 6.21. The maximum atomic E-state index is 4.04. The monoisotopic (exact) mass is 149 g/mol. The van der Waals surface area contributed by atoms with Crippen molar-refractivity contribution in [1.29, 1.82) is 0 Å². The minimum atomic E-state index is 0.745. The third-order valence-electron chi connectivity index (χ3n) is 1.48. The molecule has 11 heavy (non-hydrogen) atoms. The summed E-state index contributed by atoms with van der Waals surface area (Å²) in [5.41, 5.74) is 1.54. The molecule has 0 saturated carbocycles. The summed E-state index contributed by atoms with van der Waals surface area (Å²) in [6.45, 7) is 2.78. The lowest BCUT2D eigenvalue weighted by Crippen LogP contribution is -1.97. The van der Waals surface area contributed by atoms with Crippen LogP contribution in [-0.2, 0) is 6.54 Å². The maximum absolute atomic E-state index is 4.04. The summed E-state index contributed by atoms with van der Waals surface area (Å²) in [7, 11) is 0. The van der Waals surface area contributed by atoms with E-state index in [9.17, 15) is 0 Å². The summed E-state index contributed by atoms with van der Waals surface area (Å²) in [6.07, 6.45) is 3.15. The third-order valence-corrected chi connectivity index (χ3v) is 1.48. The van der Waals surface area contributed by atoms with Gasteiger partial charge in [-0.05, 0) is 6.92 Å². The summed E-state index contributed by atoms with van der Waals surface area (Å²) in [6, 6.07) is 0. The third kappa shape index (κ3) is 0.849. The van der Waals surface area contributed by atoms with E-state index in [2.05, 4.69) is 20.3 Å². The van der Waals surface area contributed by atoms with Crippen LogP contribution in [-0.4, -0.2) is 25.0 Å². The molecule has 2 aromatic rings. The summed E-state index contributed by atoms with van der Waals surface area (Å²) < 4.78 is 1.73. The first-order valence-electron chi connectivity index (χ1n) is 3.41. The van der Waals surface area contributed by atoms with E-state index in [1.165, 1.54) is 6.33 Å². The highest BCUT2D eigenvalue weighted by molar-refractivity contribution is 5.67. The van der Waals surface area contributed by atoms with E-state index in [4.69, 9.17) is 0 Å². The van der Waals surface area contributed by atoms with Crippen molar-refractivity contribution < 1.29 is 0 Å². The highest BCUT2D eigenvalue weighted by Gasteiger charge is 2.01. The minimum Gasteiger partial charge on any atom is -0.242 e. The topological polar surface area (TPSA) is 56.5 Å². The molecule has 2 heterocycles. The zero-order valence-electron chi connectivity index (χ0n) is 6.10. The number of rotatable bonds is 1. The van der Waals surface area contributed by atoms with Gasteiger partial charge in [-0.25, -0.2) is 14.6 Å². The van der Waals surface area contributed by atoms with Crippen molar-refractivity contribution in [1.82, 2.24) is 25.0 Å². The first-order chi connectivity index (χ1) is 5.42. The molecule has 2 aromatic heterocycles. The molecule has 56 valence electrons. The zero-order valence-corrected chi connectivity index (χ0v) is 6.10. The number of hydrogen-bond acceptors (Lipinski definition) is 4. The second kappa shape index (κ2) is 2.26. The van der Waals surface area contributed by atoms with Gasteiger partial charge >= 0.3 is 0 Å². The molecule has 0 radical (unpaired) electrons. The van der Waals surface area contributed by atoms with Crippen molar-refractivity contribution >= 4 is 11.2 Å². The summed E-state index contributed by atoms with van der Waals surface area (Å²) >= 11 is 0. The van der Waals surface area contributed by atoms with Crippen molar-refractivity contribution in [2.75, 3.05) is 0 Å². The fourth-order valence-electron chi connectivity index (χ4n) is 0.943. The van der Waals surface area contributed by atoms with Crippen LogP contribution in [0.3, 0.4) is 0 Å². The standard InChI is InChI=1S/C6H7N5/c1-2-11-6-5(9-10-11)3-7-4-8-6/h3-4H,2H2,1H3. The summed E-state index contributed by atoms with van der Waals surface area (Å²) in [5.74, 6) is 0. The van der Waals surface area contributed by atoms with Crippen LogP contribution in [0.5, 0.6) is 0 Å². The SMILES string of the molecule is CCn1nnc2cncnc21. The van der Waals surface area contributed by atoms with Crippen LogP contribution in [0.2, 0.25) is 0 Å². The summed E-state index contributed by atoms with van der Waals surface area (Å²) in [5, 5.41) is 7.76. The van der Waals surface area contributed by atoms with Crippen LogP contribution in [0.1, 0.15) is 6.92 Å². The van der Waals surface area contributed by atoms with Gasteiger partial charge in [-0.2, -0.15) is 0 Å². The van der Waals surface area contributed by atoms with E-state index in [-0.39, 0.29) is 0 Å². The van der Waals surface area contributed by atoms with Crippen LogP contribution < -0.4 is 0 Å². The molecule has 0 saturated heterocycles. The number of nitrogens with zero attached hydrogens (tertiary/aromatic N) is 5. The molecular weight excluding hydrogens is 142 g/mol. The molecule has 0 amide bonds. The maximum Gasteiger partial charge on any atom is 0.181 e. The number of aryl methyl sites for hydroxylation is 1. The van der Waals surface area contributed by atoms with Crippen LogP contribution in [0.4, 0.5) is 0 Å². The van der Waals surface area contributed by atoms with Crippen LogP contribution in [0, 0.1) is 0 Å². The molecule has 0 N–H and O–H groups in total. The fourth-order valence-corrected chi connectivity index (χ4v) is 0.943. The zero-order chi connectivity index (χ0) is 7.68. The second-order valence-corrected chi connectivity index (χ2v) is 2.14. The van der Waals surface area contributed by atoms with E-state index < -0.39 is 0 Å². The largest absolute Gasteiger partial charge is 0.242 e. The predicted octanol–water partition coefficient (Wildman–Crippen LogP) is 0.241. The molecular formula is C6H7N5. The molecule has 0 aromatic carbocycles. The Morgan fingerprint density at radius 1 is 1.55 bits per heavy atom. The highest BCUT2D eigenvalue weighted by atomic mass is 15.4. The fraction of sp³-hybridized carbons (Fsp3) is 0.333. The molecule has 2 rings (SSSR count). The van der Waals surface area contributed by atoms with Gasteiger partial charge in [-0.15, -0.1) is 5.10 Å². The molecule has 5 heteroatoms. The Hall–Kier alpha value is -1.52. The lowest BCUT2D eigenvalue weighted by molar-refractivity contribution is 0.641. The van der Waals surface area contributed by atoms with Gasteiger partial charge in [0.05, 0.1) is 6.20 Å². The van der Waals surface area contributed by atoms with Crippen molar-refractivity contribution in [2.45, 2.75) is 13.5 Å². The van der Waals surface area contributed by atoms with Crippen molar-refractivity contribution in [3.05, 3.63) is 12.5 Å². The van der Waals surface area contributed by atoms with Gasteiger partial charge in [-0.3, -0.25) is 0 Å². The van der Waals surface area contributed by atoms with E-state index in [0.29, 0.717) is 0 Å². The average Bonchev–Trinajstić information content (AvgIpc) is 2.47. The van der Waals surface area contributed by atoms with Crippen molar-refractivity contribution in [3.63, 3.8) is 0 Å². The smallest absolute Gasteiger partial charge is 0.181 e. The van der Waals surface area contributed by atoms with Gasteiger partial charge < -0.3 is 0 Å². The Kier molecular flexibility index (Phi) is 1.28. The Bertz CT molecular complexity index is 366. The Morgan fingerprint density at radius 3 is 3.27 bits per heavy atom. The first-order valence-corrected chi connectivity index (χ1v) is 3.41. The average molecular weight is 149 g/mol. The van der Waals surface area contributed by atoms with Crippen molar-refractivity contribution in [3.8, 4) is 0 Å². The minimum absolute atomic E-state index is 0.745. The van der Waals surface area contributed by atoms with E-state index in [0.717, 1.165) is 17.7 Å². The summed E-state index contributed by atoms with van der Waals surface area (Å²) in [4.78, 5) is 7.87. The van der Waals surface area contributed by atoms with Crippen LogP contribution in [0.25, 0.3) is 11.2 Å². The molecule has 0 aliphatic heterocycles. The van der Waals surface area contributed by atoms with Gasteiger partial charge in [0.25, 0.3) is 0 Å². The van der Waals surface area contributed by atoms with Gasteiger partial charge in [0, 0.05) is 6.54 Å². The predicted molar refractivity (Wildman–Crippen MR) is 38.8 cm³/mol. The van der Waals surface area contributed by atoms with Gasteiger partial charge in [0.1, 0.15) is 6.33 Å². The van der Waals surface area contributed by atoms with E-state index in [1.807, 2.05) is 6.92 Å². The Morgan fingerprint density at radius 2 is 2.45 bits per heavy atom. The molecule has 0 aliphatic rings. The Balaban J connectivity index is 2.76. The highest BCUT2D eigenvalue weighted by Crippen LogP contribution is 2.02. The second-order valence-electron chi connectivity index (χ2n) is 2.14. The van der Waals surface area contributed by atoms with Gasteiger partial charge in [0.2, 0.25) is 0 Å². The lowest BCUT2D eigenvalue weighted by Gasteiger charge is -1.91. The lowest BCUT2D eigenvalue weighted by atomic mass is 10.5. The molecule has 0 atom stereocenters. The number of hydrogen-bond donors (Lipinski definition) is 0. The quantitative estimate of drug-likeness (QED) is 0.582. The normalized spacial score (nSPS) is 10.6. The molecule has 0 fully saturated rings. The van der Waals surface area contributed by atoms with E-state index >= 15 is 0 Å². The van der Waals surface area contributed by atoms with Gasteiger partial charge in [0.15, 0.2) is 11.2 Å². The molecule has 0 aliphatic carbocycles. The number of fused-ring (bicyclic) bond motifs is 1. The van der Waals surface area contributed by atoms with Crippen LogP contribution in [0.15, 0.2) is 12.5 Å². The van der Waals surface area contributed by atoms with Crippen LogP contribution >= 0.6 is 0 Å². The molecule has 0 unspecified atom stereocenters. The molecule has 0 spiro atoms. The molecule has 0 bridgehead atoms. The van der Waals surface area contributed by atoms with Gasteiger partial charge in [-0.1, -0.05) is 5.21 Å². The molecule has 5 nitrogen and oxygen atoms in total. The number of aromatic nitrogens is 5. The van der Waals surface area contributed by atoms with E-state index in [1.54, 1.807) is 10.9 Å². The van der Waals surface area contributed by atoms with Crippen molar-refractivity contribution in [2.24, 2.45) is 0 Å².